The summed E-state index contributed by atoms with van der Waals surface area (Å²) < 4.78 is 69.3. The summed E-state index contributed by atoms with van der Waals surface area (Å²) in [7, 11) is 0. The molecule has 0 saturated heterocycles. The van der Waals surface area contributed by atoms with Crippen LogP contribution in [0.25, 0.3) is 88.3 Å². The maximum Gasteiger partial charge on any atom is 0.0645 e. The summed E-state index contributed by atoms with van der Waals surface area (Å²) in [5.74, 6) is 0. The maximum absolute atomic E-state index is 10.0. The zero-order valence-electron chi connectivity index (χ0n) is 41.2. The Morgan fingerprint density at radius 2 is 0.810 bits per heavy atom. The molecule has 0 amide bonds. The number of rotatable bonds is 9. The minimum atomic E-state index is -0.335. The van der Waals surface area contributed by atoms with E-state index < -0.39 is 0 Å². The first-order chi connectivity index (χ1) is 34.2. The molecule has 0 heterocycles. The van der Waals surface area contributed by atoms with Crippen LogP contribution in [0.4, 0.5) is 17.1 Å². The van der Waals surface area contributed by atoms with Crippen molar-refractivity contribution in [3.05, 3.63) is 261 Å². The van der Waals surface area contributed by atoms with Crippen molar-refractivity contribution in [2.45, 2.75) is 0 Å². The van der Waals surface area contributed by atoms with Crippen LogP contribution in [0.15, 0.2) is 261 Å². The van der Waals surface area contributed by atoms with E-state index in [2.05, 4.69) is 48.5 Å². The monoisotopic (exact) mass is 808 g/mol. The third-order valence-corrected chi connectivity index (χ3v) is 11.7. The number of nitrogens with zero attached hydrogens (tertiary/aromatic N) is 1. The zero-order chi connectivity index (χ0) is 48.0. The van der Waals surface area contributed by atoms with Gasteiger partial charge in [-0.2, -0.15) is 0 Å². The molecule has 296 valence electrons. The predicted octanol–water partition coefficient (Wildman–Crippen LogP) is 17.5. The predicted molar refractivity (Wildman–Crippen MR) is 269 cm³/mol. The Hall–Kier alpha value is -8.26. The van der Waals surface area contributed by atoms with Gasteiger partial charge in [-0.15, -0.1) is 0 Å². The van der Waals surface area contributed by atoms with Crippen LogP contribution >= 0.6 is 0 Å². The zero-order valence-corrected chi connectivity index (χ0v) is 34.2. The first-order valence-electron chi connectivity index (χ1n) is 24.6. The first kappa shape index (κ1) is 30.7. The highest BCUT2D eigenvalue weighted by Crippen LogP contribution is 2.45. The van der Waals surface area contributed by atoms with Gasteiger partial charge in [0, 0.05) is 16.9 Å². The number of hydrogen-bond donors (Lipinski definition) is 0. The van der Waals surface area contributed by atoms with Crippen LogP contribution in [-0.2, 0) is 0 Å². The second kappa shape index (κ2) is 16.7. The summed E-state index contributed by atoms with van der Waals surface area (Å²) in [6, 6.07) is 68.9. The average molecular weight is 809 g/mol. The Balaban J connectivity index is 1.17. The van der Waals surface area contributed by atoms with Crippen molar-refractivity contribution < 1.29 is 9.60 Å². The molecule has 63 heavy (non-hydrogen) atoms. The molecule has 1 heteroatoms. The molecule has 0 spiro atoms. The fourth-order valence-electron chi connectivity index (χ4n) is 8.59. The lowest BCUT2D eigenvalue weighted by Crippen LogP contribution is -2.11. The second-order valence-corrected chi connectivity index (χ2v) is 15.5. The van der Waals surface area contributed by atoms with E-state index in [9.17, 15) is 9.60 Å². The molecule has 0 aliphatic heterocycles. The summed E-state index contributed by atoms with van der Waals surface area (Å²) in [6.07, 6.45) is 0. The van der Waals surface area contributed by atoms with Crippen LogP contribution in [0.3, 0.4) is 0 Å². The average Bonchev–Trinajstić information content (AvgIpc) is 3.41. The van der Waals surface area contributed by atoms with Gasteiger partial charge in [0.1, 0.15) is 0 Å². The topological polar surface area (TPSA) is 3.24 Å². The Bertz CT molecular complexity index is 3750. The first-order valence-corrected chi connectivity index (χ1v) is 21.1. The highest BCUT2D eigenvalue weighted by Gasteiger charge is 2.20. The van der Waals surface area contributed by atoms with Gasteiger partial charge < -0.3 is 4.90 Å². The molecule has 0 radical (unpaired) electrons. The fourth-order valence-corrected chi connectivity index (χ4v) is 8.59. The van der Waals surface area contributed by atoms with Crippen molar-refractivity contribution in [3.63, 3.8) is 0 Å². The molecule has 11 aromatic carbocycles. The molecule has 0 atom stereocenters. The number of fused-ring (bicyclic) bond motifs is 2. The minimum Gasteiger partial charge on any atom is -0.310 e. The van der Waals surface area contributed by atoms with Gasteiger partial charge in [0.15, 0.2) is 0 Å². The highest BCUT2D eigenvalue weighted by molar-refractivity contribution is 6.04. The van der Waals surface area contributed by atoms with E-state index in [1.54, 1.807) is 4.90 Å². The molecular formula is C62H43N. The third-order valence-electron chi connectivity index (χ3n) is 11.7. The normalized spacial score (nSPS) is 12.7. The molecule has 0 N–H and O–H groups in total. The van der Waals surface area contributed by atoms with Gasteiger partial charge >= 0.3 is 0 Å². The number of benzene rings is 11. The van der Waals surface area contributed by atoms with Crippen molar-refractivity contribution in [3.8, 4) is 66.8 Å². The van der Waals surface area contributed by atoms with E-state index in [-0.39, 0.29) is 64.8 Å². The maximum atomic E-state index is 10.0. The van der Waals surface area contributed by atoms with E-state index >= 15 is 0 Å². The Morgan fingerprint density at radius 1 is 0.286 bits per heavy atom. The van der Waals surface area contributed by atoms with Gasteiger partial charge in [0.25, 0.3) is 0 Å². The van der Waals surface area contributed by atoms with Crippen LogP contribution < -0.4 is 4.90 Å². The van der Waals surface area contributed by atoms with Gasteiger partial charge in [-0.05, 0) is 125 Å². The molecule has 11 aromatic rings. The van der Waals surface area contributed by atoms with Crippen molar-refractivity contribution in [2.24, 2.45) is 0 Å². The highest BCUT2D eigenvalue weighted by atomic mass is 15.1. The lowest BCUT2D eigenvalue weighted by Gasteiger charge is -2.29. The second-order valence-electron chi connectivity index (χ2n) is 15.5. The van der Waals surface area contributed by atoms with Gasteiger partial charge in [-0.3, -0.25) is 0 Å². The Kier molecular flexibility index (Phi) is 8.12. The van der Waals surface area contributed by atoms with Crippen molar-refractivity contribution in [1.82, 2.24) is 0 Å². The van der Waals surface area contributed by atoms with Crippen molar-refractivity contribution in [2.75, 3.05) is 4.90 Å². The van der Waals surface area contributed by atoms with Crippen molar-refractivity contribution in [1.29, 1.82) is 0 Å². The Labute approximate surface area is 379 Å². The molecule has 0 aliphatic rings. The van der Waals surface area contributed by atoms with Gasteiger partial charge in [-0.1, -0.05) is 218 Å². The third kappa shape index (κ3) is 7.37. The quantitative estimate of drug-likeness (QED) is 0.140. The Morgan fingerprint density at radius 3 is 1.52 bits per heavy atom. The standard InChI is InChI=1S/C62H43N/c1-4-16-44(17-5-1)52-35-41-61(60(43-52)48-20-8-3-9-21-48)63(54-36-30-45(31-37-54)51-25-14-26-53(42-51)57-29-15-24-46-22-10-12-27-56(46)57)55-38-32-50(33-39-55)62-58-28-13-11-23-49(58)34-40-59(62)47-18-6-2-7-19-47/h1-43H/i32D,33D,35D,38D,39D,41D,43D. The number of anilines is 3. The summed E-state index contributed by atoms with van der Waals surface area (Å²) in [4.78, 5) is 1.57. The largest absolute Gasteiger partial charge is 0.310 e. The summed E-state index contributed by atoms with van der Waals surface area (Å²) in [5, 5.41) is 3.97. The molecule has 0 saturated carbocycles. The summed E-state index contributed by atoms with van der Waals surface area (Å²) in [5.41, 5.74) is 8.57. The van der Waals surface area contributed by atoms with Crippen LogP contribution in [0.5, 0.6) is 0 Å². The molecule has 0 aliphatic carbocycles. The van der Waals surface area contributed by atoms with E-state index in [0.29, 0.717) is 27.9 Å². The molecule has 0 fully saturated rings. The molecule has 0 unspecified atom stereocenters. The smallest absolute Gasteiger partial charge is 0.0645 e. The summed E-state index contributed by atoms with van der Waals surface area (Å²) >= 11 is 0. The van der Waals surface area contributed by atoms with Crippen LogP contribution in [-0.4, -0.2) is 0 Å². The van der Waals surface area contributed by atoms with Crippen LogP contribution in [0.2, 0.25) is 0 Å². The van der Waals surface area contributed by atoms with Crippen LogP contribution in [0, 0.1) is 0 Å². The van der Waals surface area contributed by atoms with Gasteiger partial charge in [-0.25, -0.2) is 0 Å². The molecule has 1 nitrogen and oxygen atoms in total. The minimum absolute atomic E-state index is 0.00426. The van der Waals surface area contributed by atoms with Gasteiger partial charge in [0.05, 0.1) is 15.3 Å². The molecule has 11 rings (SSSR count). The lowest BCUT2D eigenvalue weighted by atomic mass is 9.89. The molecule has 0 aromatic heterocycles. The van der Waals surface area contributed by atoms with E-state index in [1.807, 2.05) is 170 Å². The van der Waals surface area contributed by atoms with E-state index in [4.69, 9.17) is 0 Å². The van der Waals surface area contributed by atoms with Gasteiger partial charge in [0.2, 0.25) is 0 Å². The van der Waals surface area contributed by atoms with Crippen LogP contribution in [0.1, 0.15) is 9.60 Å². The van der Waals surface area contributed by atoms with E-state index in [1.165, 1.54) is 0 Å². The number of hydrogen-bond acceptors (Lipinski definition) is 1. The SMILES string of the molecule is [2H]c1c([2H])c(N(c2ccc(-c3cccc(-c4cccc5ccccc45)c3)cc2)c2c([2H])c([2H])c(-c3c(-c4ccccc4)ccc4ccccc34)c([2H])c2[2H])c(-c2ccccc2)c([2H])c1-c1ccccc1. The van der Waals surface area contributed by atoms with Crippen molar-refractivity contribution >= 4 is 38.6 Å². The molecular weight excluding hydrogens is 759 g/mol. The lowest BCUT2D eigenvalue weighted by molar-refractivity contribution is 1.28. The summed E-state index contributed by atoms with van der Waals surface area (Å²) in [6.45, 7) is 0. The van der Waals surface area contributed by atoms with E-state index in [0.717, 1.165) is 54.9 Å². The molecule has 0 bridgehead atoms. The fraction of sp³-hybridized carbons (Fsp3) is 0.